The first-order valence-electron chi connectivity index (χ1n) is 8.35. The van der Waals surface area contributed by atoms with Crippen LogP contribution in [0.25, 0.3) is 0 Å². The molecule has 0 heterocycles. The van der Waals surface area contributed by atoms with Crippen molar-refractivity contribution < 1.29 is 4.79 Å². The van der Waals surface area contributed by atoms with Gasteiger partial charge >= 0.3 is 0 Å². The van der Waals surface area contributed by atoms with Crippen LogP contribution in [0.2, 0.25) is 0 Å². The van der Waals surface area contributed by atoms with E-state index in [9.17, 15) is 4.79 Å². The van der Waals surface area contributed by atoms with Gasteiger partial charge in [-0.05, 0) is 29.7 Å². The van der Waals surface area contributed by atoms with Gasteiger partial charge in [-0.1, -0.05) is 62.2 Å². The number of nitrogens with two attached hydrogens (primary N) is 1. The molecule has 0 aliphatic carbocycles. The van der Waals surface area contributed by atoms with E-state index in [-0.39, 0.29) is 5.91 Å². The second-order valence-electron chi connectivity index (χ2n) is 5.92. The molecule has 3 heteroatoms. The fourth-order valence-corrected chi connectivity index (χ4v) is 2.68. The quantitative estimate of drug-likeness (QED) is 0.714. The van der Waals surface area contributed by atoms with Gasteiger partial charge in [-0.3, -0.25) is 4.79 Å². The lowest BCUT2D eigenvalue weighted by molar-refractivity contribution is -0.117. The molecule has 0 spiro atoms. The van der Waals surface area contributed by atoms with Crippen molar-refractivity contribution in [3.05, 3.63) is 65.7 Å². The molecule has 0 aliphatic heterocycles. The van der Waals surface area contributed by atoms with Crippen LogP contribution in [-0.4, -0.2) is 12.5 Å². The van der Waals surface area contributed by atoms with Gasteiger partial charge < -0.3 is 10.6 Å². The lowest BCUT2D eigenvalue weighted by Crippen LogP contribution is -2.24. The van der Waals surface area contributed by atoms with Gasteiger partial charge in [0.05, 0.1) is 6.42 Å². The molecule has 122 valence electrons. The summed E-state index contributed by atoms with van der Waals surface area (Å²) in [6.45, 7) is 4.16. The molecule has 0 bridgehead atoms. The molecule has 23 heavy (non-hydrogen) atoms. The molecule has 0 fully saturated rings. The van der Waals surface area contributed by atoms with E-state index in [0.29, 0.717) is 6.42 Å². The summed E-state index contributed by atoms with van der Waals surface area (Å²) in [5.74, 6) is -0.290. The predicted molar refractivity (Wildman–Crippen MR) is 96.4 cm³/mol. The Morgan fingerprint density at radius 3 is 2.26 bits per heavy atom. The highest BCUT2D eigenvalue weighted by Gasteiger charge is 2.08. The van der Waals surface area contributed by atoms with Crippen LogP contribution < -0.4 is 10.6 Å². The number of rotatable bonds is 9. The Balaban J connectivity index is 2.10. The fraction of sp³-hybridized carbons (Fsp3) is 0.350. The number of hydrogen-bond donors (Lipinski definition) is 1. The molecule has 0 aliphatic rings. The van der Waals surface area contributed by atoms with E-state index in [1.165, 1.54) is 30.5 Å². The Labute approximate surface area is 139 Å². The van der Waals surface area contributed by atoms with Gasteiger partial charge in [0.1, 0.15) is 0 Å². The minimum atomic E-state index is -0.290. The third-order valence-electron chi connectivity index (χ3n) is 3.93. The minimum Gasteiger partial charge on any atom is -0.369 e. The molecule has 0 atom stereocenters. The standard InChI is InChI=1S/C20H26N2O/c1-2-3-7-14-22(16-18-8-5-4-6-9-18)19-12-10-17(11-13-19)15-20(21)23/h4-6,8-13H,2-3,7,14-16H2,1H3,(H2,21,23). The molecule has 2 rings (SSSR count). The van der Waals surface area contributed by atoms with E-state index < -0.39 is 0 Å². The van der Waals surface area contributed by atoms with Gasteiger partial charge in [0, 0.05) is 18.8 Å². The first kappa shape index (κ1) is 17.1. The molecular weight excluding hydrogens is 284 g/mol. The number of carbonyl (C=O) groups excluding carboxylic acids is 1. The first-order valence-corrected chi connectivity index (χ1v) is 8.35. The number of anilines is 1. The lowest BCUT2D eigenvalue weighted by Gasteiger charge is -2.25. The molecule has 0 saturated carbocycles. The summed E-state index contributed by atoms with van der Waals surface area (Å²) in [4.78, 5) is 13.4. The smallest absolute Gasteiger partial charge is 0.221 e. The van der Waals surface area contributed by atoms with Crippen molar-refractivity contribution in [1.82, 2.24) is 0 Å². The van der Waals surface area contributed by atoms with Crippen LogP contribution in [0.1, 0.15) is 37.3 Å². The highest BCUT2D eigenvalue weighted by Crippen LogP contribution is 2.19. The van der Waals surface area contributed by atoms with Crippen LogP contribution in [-0.2, 0) is 17.8 Å². The summed E-state index contributed by atoms with van der Waals surface area (Å²) in [5.41, 5.74) is 8.73. The first-order chi connectivity index (χ1) is 11.2. The molecule has 0 aromatic heterocycles. The number of primary amides is 1. The van der Waals surface area contributed by atoms with E-state index >= 15 is 0 Å². The number of nitrogens with zero attached hydrogens (tertiary/aromatic N) is 1. The molecule has 0 unspecified atom stereocenters. The second kappa shape index (κ2) is 8.99. The van der Waals surface area contributed by atoms with Crippen LogP contribution in [0.4, 0.5) is 5.69 Å². The third-order valence-corrected chi connectivity index (χ3v) is 3.93. The van der Waals surface area contributed by atoms with Crippen LogP contribution in [0.5, 0.6) is 0 Å². The van der Waals surface area contributed by atoms with E-state index in [0.717, 1.165) is 18.7 Å². The van der Waals surface area contributed by atoms with Crippen molar-refractivity contribution in [1.29, 1.82) is 0 Å². The molecule has 1 amide bonds. The second-order valence-corrected chi connectivity index (χ2v) is 5.92. The third kappa shape index (κ3) is 5.78. The average Bonchev–Trinajstić information content (AvgIpc) is 2.55. The van der Waals surface area contributed by atoms with Gasteiger partial charge in [-0.2, -0.15) is 0 Å². The molecule has 2 N–H and O–H groups in total. The van der Waals surface area contributed by atoms with Gasteiger partial charge in [0.25, 0.3) is 0 Å². The van der Waals surface area contributed by atoms with Crippen molar-refractivity contribution in [3.63, 3.8) is 0 Å². The van der Waals surface area contributed by atoms with Crippen molar-refractivity contribution in [3.8, 4) is 0 Å². The Bertz CT molecular complexity index is 593. The van der Waals surface area contributed by atoms with Crippen molar-refractivity contribution in [2.75, 3.05) is 11.4 Å². The average molecular weight is 310 g/mol. The lowest BCUT2D eigenvalue weighted by atomic mass is 10.1. The Morgan fingerprint density at radius 1 is 0.957 bits per heavy atom. The zero-order valence-corrected chi connectivity index (χ0v) is 13.9. The zero-order chi connectivity index (χ0) is 16.5. The Hall–Kier alpha value is -2.29. The van der Waals surface area contributed by atoms with Gasteiger partial charge in [-0.15, -0.1) is 0 Å². The van der Waals surface area contributed by atoms with Crippen molar-refractivity contribution >= 4 is 11.6 Å². The largest absolute Gasteiger partial charge is 0.369 e. The molecule has 2 aromatic carbocycles. The molecule has 0 saturated heterocycles. The maximum atomic E-state index is 11.0. The Morgan fingerprint density at radius 2 is 1.65 bits per heavy atom. The SMILES string of the molecule is CCCCCN(Cc1ccccc1)c1ccc(CC(N)=O)cc1. The van der Waals surface area contributed by atoms with Gasteiger partial charge in [-0.25, -0.2) is 0 Å². The van der Waals surface area contributed by atoms with E-state index in [4.69, 9.17) is 5.73 Å². The summed E-state index contributed by atoms with van der Waals surface area (Å²) in [5, 5.41) is 0. The normalized spacial score (nSPS) is 10.5. The maximum Gasteiger partial charge on any atom is 0.221 e. The van der Waals surface area contributed by atoms with E-state index in [2.05, 4.69) is 48.2 Å². The number of amides is 1. The van der Waals surface area contributed by atoms with Gasteiger partial charge in [0.2, 0.25) is 5.91 Å². The summed E-state index contributed by atoms with van der Waals surface area (Å²) in [7, 11) is 0. The number of hydrogen-bond acceptors (Lipinski definition) is 2. The van der Waals surface area contributed by atoms with Crippen molar-refractivity contribution in [2.24, 2.45) is 5.73 Å². The molecule has 2 aromatic rings. The number of carbonyl (C=O) groups is 1. The van der Waals surface area contributed by atoms with Crippen LogP contribution in [0.15, 0.2) is 54.6 Å². The topological polar surface area (TPSA) is 46.3 Å². The fourth-order valence-electron chi connectivity index (χ4n) is 2.68. The van der Waals surface area contributed by atoms with Gasteiger partial charge in [0.15, 0.2) is 0 Å². The predicted octanol–water partition coefficient (Wildman–Crippen LogP) is 3.91. The Kier molecular flexibility index (Phi) is 6.67. The molecule has 3 nitrogen and oxygen atoms in total. The van der Waals surface area contributed by atoms with E-state index in [1.54, 1.807) is 0 Å². The maximum absolute atomic E-state index is 11.0. The van der Waals surface area contributed by atoms with Crippen LogP contribution in [0, 0.1) is 0 Å². The highest BCUT2D eigenvalue weighted by molar-refractivity contribution is 5.76. The molecule has 0 radical (unpaired) electrons. The van der Waals surface area contributed by atoms with E-state index in [1.807, 2.05) is 18.2 Å². The number of unbranched alkanes of at least 4 members (excludes halogenated alkanes) is 2. The summed E-state index contributed by atoms with van der Waals surface area (Å²) in [6.07, 6.45) is 3.95. The van der Waals surface area contributed by atoms with Crippen LogP contribution >= 0.6 is 0 Å². The highest BCUT2D eigenvalue weighted by atomic mass is 16.1. The summed E-state index contributed by atoms with van der Waals surface area (Å²) >= 11 is 0. The summed E-state index contributed by atoms with van der Waals surface area (Å²) < 4.78 is 0. The van der Waals surface area contributed by atoms with Crippen molar-refractivity contribution in [2.45, 2.75) is 39.2 Å². The summed E-state index contributed by atoms with van der Waals surface area (Å²) in [6, 6.07) is 18.7. The number of benzene rings is 2. The molecular formula is C20H26N2O. The monoisotopic (exact) mass is 310 g/mol. The van der Waals surface area contributed by atoms with Crippen LogP contribution in [0.3, 0.4) is 0 Å². The minimum absolute atomic E-state index is 0.290. The zero-order valence-electron chi connectivity index (χ0n) is 13.9.